The molecule has 0 atom stereocenters. The number of hydrogen-bond acceptors (Lipinski definition) is 2. The van der Waals surface area contributed by atoms with Crippen LogP contribution in [0.3, 0.4) is 0 Å². The molecule has 0 saturated carbocycles. The zero-order valence-electron chi connectivity index (χ0n) is 12.6. The van der Waals surface area contributed by atoms with Crippen LogP contribution in [0.4, 0.5) is 35.0 Å². The summed E-state index contributed by atoms with van der Waals surface area (Å²) in [5, 5.41) is 4.95. The first-order valence-corrected chi connectivity index (χ1v) is 6.79. The standard InChI is InChI=1S/C16H16F3N3O/c1-9-6-7-11(8-13(9)20)21-15(23)22-14-5-3-4-12(10(14)2)16(17,18)19/h3-8H,20H2,1-2H3,(H2,21,22,23). The lowest BCUT2D eigenvalue weighted by Gasteiger charge is -2.15. The molecule has 0 unspecified atom stereocenters. The highest BCUT2D eigenvalue weighted by molar-refractivity contribution is 6.00. The summed E-state index contributed by atoms with van der Waals surface area (Å²) in [6.45, 7) is 3.13. The van der Waals surface area contributed by atoms with E-state index >= 15 is 0 Å². The molecule has 0 aliphatic carbocycles. The number of anilines is 3. The molecular weight excluding hydrogens is 307 g/mol. The Bertz CT molecular complexity index is 742. The monoisotopic (exact) mass is 323 g/mol. The van der Waals surface area contributed by atoms with Crippen molar-refractivity contribution < 1.29 is 18.0 Å². The summed E-state index contributed by atoms with van der Waals surface area (Å²) in [4.78, 5) is 11.9. The topological polar surface area (TPSA) is 67.2 Å². The molecule has 2 amide bonds. The quantitative estimate of drug-likeness (QED) is 0.710. The number of halogens is 3. The molecule has 0 aromatic heterocycles. The van der Waals surface area contributed by atoms with Crippen molar-refractivity contribution >= 4 is 23.1 Å². The van der Waals surface area contributed by atoms with Gasteiger partial charge in [-0.2, -0.15) is 13.2 Å². The maximum absolute atomic E-state index is 12.9. The average molecular weight is 323 g/mol. The van der Waals surface area contributed by atoms with Crippen molar-refractivity contribution in [3.05, 3.63) is 53.1 Å². The minimum Gasteiger partial charge on any atom is -0.398 e. The third kappa shape index (κ3) is 3.94. The summed E-state index contributed by atoms with van der Waals surface area (Å²) < 4.78 is 38.6. The van der Waals surface area contributed by atoms with Gasteiger partial charge in [-0.1, -0.05) is 12.1 Å². The van der Waals surface area contributed by atoms with E-state index in [9.17, 15) is 18.0 Å². The Morgan fingerprint density at radius 1 is 1.09 bits per heavy atom. The fraction of sp³-hybridized carbons (Fsp3) is 0.188. The maximum Gasteiger partial charge on any atom is 0.416 e. The molecule has 0 spiro atoms. The van der Waals surface area contributed by atoms with Gasteiger partial charge >= 0.3 is 12.2 Å². The van der Waals surface area contributed by atoms with E-state index < -0.39 is 17.8 Å². The lowest BCUT2D eigenvalue weighted by Crippen LogP contribution is -2.21. The van der Waals surface area contributed by atoms with Crippen LogP contribution in [0.5, 0.6) is 0 Å². The van der Waals surface area contributed by atoms with Crippen LogP contribution >= 0.6 is 0 Å². The molecule has 0 heterocycles. The molecule has 122 valence electrons. The Kier molecular flexibility index (Phi) is 4.49. The summed E-state index contributed by atoms with van der Waals surface area (Å²) in [7, 11) is 0. The van der Waals surface area contributed by atoms with Crippen molar-refractivity contribution in [1.82, 2.24) is 0 Å². The van der Waals surface area contributed by atoms with Crippen molar-refractivity contribution in [2.75, 3.05) is 16.4 Å². The Labute approximate surface area is 131 Å². The molecule has 0 fully saturated rings. The van der Waals surface area contributed by atoms with Crippen LogP contribution in [-0.2, 0) is 6.18 Å². The van der Waals surface area contributed by atoms with Gasteiger partial charge in [0.1, 0.15) is 0 Å². The first kappa shape index (κ1) is 16.7. The largest absolute Gasteiger partial charge is 0.416 e. The van der Waals surface area contributed by atoms with Crippen molar-refractivity contribution in [2.24, 2.45) is 0 Å². The first-order valence-electron chi connectivity index (χ1n) is 6.79. The highest BCUT2D eigenvalue weighted by atomic mass is 19.4. The van der Waals surface area contributed by atoms with Gasteiger partial charge in [0.15, 0.2) is 0 Å². The summed E-state index contributed by atoms with van der Waals surface area (Å²) in [5.74, 6) is 0. The fourth-order valence-corrected chi connectivity index (χ4v) is 2.08. The van der Waals surface area contributed by atoms with Gasteiger partial charge in [0.05, 0.1) is 5.56 Å². The van der Waals surface area contributed by atoms with E-state index in [0.717, 1.165) is 11.6 Å². The third-order valence-electron chi connectivity index (χ3n) is 3.42. The average Bonchev–Trinajstić information content (AvgIpc) is 2.44. The number of alkyl halides is 3. The smallest absolute Gasteiger partial charge is 0.398 e. The number of benzene rings is 2. The predicted octanol–water partition coefficient (Wildman–Crippen LogP) is 4.55. The number of amides is 2. The Balaban J connectivity index is 2.16. The lowest BCUT2D eigenvalue weighted by atomic mass is 10.1. The van der Waals surface area contributed by atoms with Crippen LogP contribution in [0.2, 0.25) is 0 Å². The molecule has 0 saturated heterocycles. The van der Waals surface area contributed by atoms with Gasteiger partial charge in [-0.15, -0.1) is 0 Å². The number of aryl methyl sites for hydroxylation is 1. The van der Waals surface area contributed by atoms with Crippen LogP contribution in [0.25, 0.3) is 0 Å². The number of hydrogen-bond donors (Lipinski definition) is 3. The van der Waals surface area contributed by atoms with Crippen molar-refractivity contribution in [2.45, 2.75) is 20.0 Å². The van der Waals surface area contributed by atoms with E-state index in [4.69, 9.17) is 5.73 Å². The molecule has 0 bridgehead atoms. The van der Waals surface area contributed by atoms with E-state index in [0.29, 0.717) is 11.4 Å². The first-order chi connectivity index (χ1) is 10.7. The zero-order valence-corrected chi connectivity index (χ0v) is 12.6. The van der Waals surface area contributed by atoms with Gasteiger partial charge in [0.2, 0.25) is 0 Å². The molecule has 2 rings (SSSR count). The summed E-state index contributed by atoms with van der Waals surface area (Å²) in [6.07, 6.45) is -4.47. The van der Waals surface area contributed by atoms with Gasteiger partial charge in [-0.05, 0) is 49.2 Å². The van der Waals surface area contributed by atoms with Gasteiger partial charge < -0.3 is 16.4 Å². The van der Waals surface area contributed by atoms with Gasteiger partial charge in [0, 0.05) is 17.1 Å². The van der Waals surface area contributed by atoms with E-state index in [-0.39, 0.29) is 11.3 Å². The lowest BCUT2D eigenvalue weighted by molar-refractivity contribution is -0.138. The fourth-order valence-electron chi connectivity index (χ4n) is 2.08. The normalized spacial score (nSPS) is 11.2. The maximum atomic E-state index is 12.9. The molecule has 0 radical (unpaired) electrons. The van der Waals surface area contributed by atoms with Gasteiger partial charge in [0.25, 0.3) is 0 Å². The van der Waals surface area contributed by atoms with Gasteiger partial charge in [-0.3, -0.25) is 0 Å². The molecular formula is C16H16F3N3O. The van der Waals surface area contributed by atoms with E-state index in [2.05, 4.69) is 10.6 Å². The highest BCUT2D eigenvalue weighted by Crippen LogP contribution is 2.34. The Morgan fingerprint density at radius 2 is 1.78 bits per heavy atom. The Morgan fingerprint density at radius 3 is 2.39 bits per heavy atom. The highest BCUT2D eigenvalue weighted by Gasteiger charge is 2.33. The predicted molar refractivity (Wildman–Crippen MR) is 84.4 cm³/mol. The minimum absolute atomic E-state index is 0.0430. The second-order valence-corrected chi connectivity index (χ2v) is 5.13. The van der Waals surface area contributed by atoms with E-state index in [1.165, 1.54) is 19.1 Å². The number of carbonyl (C=O) groups excluding carboxylic acids is 1. The molecule has 0 aliphatic heterocycles. The SMILES string of the molecule is Cc1ccc(NC(=O)Nc2cccc(C(F)(F)F)c2C)cc1N. The molecule has 23 heavy (non-hydrogen) atoms. The summed E-state index contributed by atoms with van der Waals surface area (Å²) in [5.41, 5.74) is 6.84. The van der Waals surface area contributed by atoms with Crippen molar-refractivity contribution in [3.8, 4) is 0 Å². The number of rotatable bonds is 2. The molecule has 4 N–H and O–H groups in total. The van der Waals surface area contributed by atoms with Crippen LogP contribution in [0.1, 0.15) is 16.7 Å². The number of nitrogens with one attached hydrogen (secondary N) is 2. The van der Waals surface area contributed by atoms with Crippen molar-refractivity contribution in [3.63, 3.8) is 0 Å². The zero-order chi connectivity index (χ0) is 17.2. The Hall–Kier alpha value is -2.70. The summed E-state index contributed by atoms with van der Waals surface area (Å²) >= 11 is 0. The van der Waals surface area contributed by atoms with Crippen LogP contribution in [-0.4, -0.2) is 6.03 Å². The minimum atomic E-state index is -4.47. The molecule has 0 aliphatic rings. The molecule has 4 nitrogen and oxygen atoms in total. The molecule has 2 aromatic carbocycles. The van der Waals surface area contributed by atoms with Crippen molar-refractivity contribution in [1.29, 1.82) is 0 Å². The molecule has 2 aromatic rings. The third-order valence-corrected chi connectivity index (χ3v) is 3.42. The summed E-state index contributed by atoms with van der Waals surface area (Å²) in [6, 6.07) is 7.96. The second kappa shape index (κ2) is 6.20. The number of carbonyl (C=O) groups is 1. The number of nitrogens with two attached hydrogens (primary N) is 1. The van der Waals surface area contributed by atoms with E-state index in [1.54, 1.807) is 18.2 Å². The van der Waals surface area contributed by atoms with Gasteiger partial charge in [-0.25, -0.2) is 4.79 Å². The van der Waals surface area contributed by atoms with Crippen LogP contribution < -0.4 is 16.4 Å². The van der Waals surface area contributed by atoms with Crippen LogP contribution in [0.15, 0.2) is 36.4 Å². The van der Waals surface area contributed by atoms with Crippen LogP contribution in [0, 0.1) is 13.8 Å². The number of urea groups is 1. The second-order valence-electron chi connectivity index (χ2n) is 5.13. The molecule has 7 heteroatoms. The number of nitrogen functional groups attached to an aromatic ring is 1. The van der Waals surface area contributed by atoms with E-state index in [1.807, 2.05) is 6.92 Å².